The molecule has 0 aromatic carbocycles. The van der Waals surface area contributed by atoms with Gasteiger partial charge >= 0.3 is 0 Å². The molecule has 18 heavy (non-hydrogen) atoms. The molecule has 0 saturated carbocycles. The number of nitrogens with zero attached hydrogens (tertiary/aromatic N) is 2. The lowest BCUT2D eigenvalue weighted by Gasteiger charge is -2.08. The zero-order chi connectivity index (χ0) is 13.4. The fourth-order valence-electron chi connectivity index (χ4n) is 2.07. The number of aromatic nitrogens is 2. The maximum atomic E-state index is 4.49. The van der Waals surface area contributed by atoms with Crippen LogP contribution in [-0.2, 0) is 13.1 Å². The van der Waals surface area contributed by atoms with Crippen LogP contribution in [0.25, 0.3) is 0 Å². The van der Waals surface area contributed by atoms with E-state index in [1.807, 2.05) is 6.20 Å². The molecule has 3 heteroatoms. The van der Waals surface area contributed by atoms with Gasteiger partial charge in [-0.25, -0.2) is 0 Å². The maximum absolute atomic E-state index is 4.49. The van der Waals surface area contributed by atoms with Crippen LogP contribution in [0.1, 0.15) is 57.7 Å². The van der Waals surface area contributed by atoms with E-state index < -0.39 is 0 Å². The molecule has 0 aliphatic rings. The quantitative estimate of drug-likeness (QED) is 0.681. The molecule has 0 aliphatic carbocycles. The van der Waals surface area contributed by atoms with Gasteiger partial charge in [0, 0.05) is 24.3 Å². The summed E-state index contributed by atoms with van der Waals surface area (Å²) in [5, 5.41) is 7.97. The molecule has 104 valence electrons. The number of rotatable bonds is 9. The molecule has 1 rings (SSSR count). The van der Waals surface area contributed by atoms with Gasteiger partial charge in [0.05, 0.1) is 6.20 Å². The minimum absolute atomic E-state index is 0.703. The summed E-state index contributed by atoms with van der Waals surface area (Å²) in [6.07, 6.45) is 7.21. The highest BCUT2D eigenvalue weighted by Crippen LogP contribution is 2.09. The number of unbranched alkanes of at least 4 members (excludes halogenated alkanes) is 3. The van der Waals surface area contributed by atoms with E-state index in [2.05, 4.69) is 42.8 Å². The highest BCUT2D eigenvalue weighted by Gasteiger charge is 2.05. The molecule has 0 spiro atoms. The second-order valence-electron chi connectivity index (χ2n) is 5.56. The first-order valence-corrected chi connectivity index (χ1v) is 7.37. The standard InChI is InChI=1S/C15H29N3/c1-5-6-7-8-9-18-14(4)15(12-17-18)11-16-10-13(2)3/h12-13,16H,5-11H2,1-4H3. The highest BCUT2D eigenvalue weighted by molar-refractivity contribution is 5.15. The predicted octanol–water partition coefficient (Wildman–Crippen LogP) is 3.52. The molecule has 1 aromatic heterocycles. The molecule has 0 fully saturated rings. The minimum atomic E-state index is 0.703. The average molecular weight is 251 g/mol. The van der Waals surface area contributed by atoms with Crippen LogP contribution in [0.4, 0.5) is 0 Å². The molecule has 0 atom stereocenters. The van der Waals surface area contributed by atoms with Crippen LogP contribution in [0, 0.1) is 12.8 Å². The number of hydrogen-bond donors (Lipinski definition) is 1. The molecule has 3 nitrogen and oxygen atoms in total. The van der Waals surface area contributed by atoms with Crippen molar-refractivity contribution >= 4 is 0 Å². The summed E-state index contributed by atoms with van der Waals surface area (Å²) < 4.78 is 2.15. The summed E-state index contributed by atoms with van der Waals surface area (Å²) in [7, 11) is 0. The topological polar surface area (TPSA) is 29.9 Å². The zero-order valence-corrected chi connectivity index (χ0v) is 12.5. The third-order valence-electron chi connectivity index (χ3n) is 3.30. The van der Waals surface area contributed by atoms with Crippen molar-refractivity contribution in [2.45, 2.75) is 66.5 Å². The summed E-state index contributed by atoms with van der Waals surface area (Å²) in [4.78, 5) is 0. The number of nitrogens with one attached hydrogen (secondary N) is 1. The van der Waals surface area contributed by atoms with Crippen molar-refractivity contribution in [1.29, 1.82) is 0 Å². The van der Waals surface area contributed by atoms with Gasteiger partial charge < -0.3 is 5.32 Å². The summed E-state index contributed by atoms with van der Waals surface area (Å²) in [6.45, 7) is 12.0. The van der Waals surface area contributed by atoms with Crippen molar-refractivity contribution in [3.05, 3.63) is 17.5 Å². The van der Waals surface area contributed by atoms with Gasteiger partial charge in [0.1, 0.15) is 0 Å². The first-order chi connectivity index (χ1) is 8.65. The van der Waals surface area contributed by atoms with Crippen LogP contribution < -0.4 is 5.32 Å². The van der Waals surface area contributed by atoms with Gasteiger partial charge in [-0.2, -0.15) is 5.10 Å². The average Bonchev–Trinajstić information content (AvgIpc) is 2.67. The Morgan fingerprint density at radius 1 is 1.28 bits per heavy atom. The summed E-state index contributed by atoms with van der Waals surface area (Å²) in [5.74, 6) is 0.703. The molecule has 0 unspecified atom stereocenters. The lowest BCUT2D eigenvalue weighted by atomic mass is 10.2. The van der Waals surface area contributed by atoms with Crippen molar-refractivity contribution in [3.63, 3.8) is 0 Å². The fourth-order valence-corrected chi connectivity index (χ4v) is 2.07. The smallest absolute Gasteiger partial charge is 0.0537 e. The Morgan fingerprint density at radius 3 is 2.72 bits per heavy atom. The molecule has 0 amide bonds. The Kier molecular flexibility index (Phi) is 7.02. The van der Waals surface area contributed by atoms with Gasteiger partial charge in [-0.05, 0) is 25.8 Å². The summed E-state index contributed by atoms with van der Waals surface area (Å²) in [5.41, 5.74) is 2.66. The van der Waals surface area contributed by atoms with Crippen molar-refractivity contribution < 1.29 is 0 Å². The van der Waals surface area contributed by atoms with E-state index >= 15 is 0 Å². The van der Waals surface area contributed by atoms with Gasteiger partial charge in [-0.1, -0.05) is 40.0 Å². The van der Waals surface area contributed by atoms with E-state index in [9.17, 15) is 0 Å². The van der Waals surface area contributed by atoms with Crippen molar-refractivity contribution in [3.8, 4) is 0 Å². The molecule has 0 aliphatic heterocycles. The fraction of sp³-hybridized carbons (Fsp3) is 0.800. The SMILES string of the molecule is CCCCCCn1ncc(CNCC(C)C)c1C. The van der Waals surface area contributed by atoms with Crippen LogP contribution in [0.15, 0.2) is 6.20 Å². The van der Waals surface area contributed by atoms with Crippen LogP contribution >= 0.6 is 0 Å². The second-order valence-corrected chi connectivity index (χ2v) is 5.56. The van der Waals surface area contributed by atoms with Crippen molar-refractivity contribution in [1.82, 2.24) is 15.1 Å². The third kappa shape index (κ3) is 5.21. The summed E-state index contributed by atoms with van der Waals surface area (Å²) >= 11 is 0. The maximum Gasteiger partial charge on any atom is 0.0537 e. The van der Waals surface area contributed by atoms with Gasteiger partial charge in [0.25, 0.3) is 0 Å². The zero-order valence-electron chi connectivity index (χ0n) is 12.5. The van der Waals surface area contributed by atoms with Gasteiger partial charge in [0.2, 0.25) is 0 Å². The lowest BCUT2D eigenvalue weighted by molar-refractivity contribution is 0.528. The molecule has 1 heterocycles. The van der Waals surface area contributed by atoms with Crippen LogP contribution in [-0.4, -0.2) is 16.3 Å². The Morgan fingerprint density at radius 2 is 2.06 bits per heavy atom. The second kappa shape index (κ2) is 8.30. The Hall–Kier alpha value is -0.830. The van der Waals surface area contributed by atoms with E-state index in [-0.39, 0.29) is 0 Å². The van der Waals surface area contributed by atoms with Gasteiger partial charge in [-0.15, -0.1) is 0 Å². The van der Waals surface area contributed by atoms with E-state index in [0.717, 1.165) is 19.6 Å². The van der Waals surface area contributed by atoms with E-state index in [1.165, 1.54) is 36.9 Å². The first-order valence-electron chi connectivity index (χ1n) is 7.37. The molecule has 1 aromatic rings. The van der Waals surface area contributed by atoms with Crippen LogP contribution in [0.2, 0.25) is 0 Å². The van der Waals surface area contributed by atoms with Crippen LogP contribution in [0.5, 0.6) is 0 Å². The van der Waals surface area contributed by atoms with Crippen LogP contribution in [0.3, 0.4) is 0 Å². The summed E-state index contributed by atoms with van der Waals surface area (Å²) in [6, 6.07) is 0. The Labute approximate surface area is 112 Å². The van der Waals surface area contributed by atoms with Gasteiger partial charge in [-0.3, -0.25) is 4.68 Å². The lowest BCUT2D eigenvalue weighted by Crippen LogP contribution is -2.19. The minimum Gasteiger partial charge on any atom is -0.312 e. The number of aryl methyl sites for hydroxylation is 1. The molecular formula is C15H29N3. The van der Waals surface area contributed by atoms with E-state index in [4.69, 9.17) is 0 Å². The molecule has 0 saturated heterocycles. The first kappa shape index (κ1) is 15.2. The molecule has 0 bridgehead atoms. The number of hydrogen-bond acceptors (Lipinski definition) is 2. The molecular weight excluding hydrogens is 222 g/mol. The largest absolute Gasteiger partial charge is 0.312 e. The van der Waals surface area contributed by atoms with Gasteiger partial charge in [0.15, 0.2) is 0 Å². The predicted molar refractivity (Wildman–Crippen MR) is 77.7 cm³/mol. The molecule has 0 radical (unpaired) electrons. The third-order valence-corrected chi connectivity index (χ3v) is 3.30. The van der Waals surface area contributed by atoms with Crippen molar-refractivity contribution in [2.24, 2.45) is 5.92 Å². The van der Waals surface area contributed by atoms with E-state index in [1.54, 1.807) is 0 Å². The monoisotopic (exact) mass is 251 g/mol. The Bertz CT molecular complexity index is 328. The van der Waals surface area contributed by atoms with E-state index in [0.29, 0.717) is 5.92 Å². The Balaban J connectivity index is 2.35. The van der Waals surface area contributed by atoms with Crippen molar-refractivity contribution in [2.75, 3.05) is 6.54 Å². The normalized spacial score (nSPS) is 11.4. The molecule has 1 N–H and O–H groups in total. The highest BCUT2D eigenvalue weighted by atomic mass is 15.3.